The van der Waals surface area contributed by atoms with Crippen LogP contribution in [-0.4, -0.2) is 22.2 Å². The van der Waals surface area contributed by atoms with Crippen LogP contribution in [0.25, 0.3) is 0 Å². The quantitative estimate of drug-likeness (QED) is 0.865. The molecule has 1 aliphatic heterocycles. The third-order valence-corrected chi connectivity index (χ3v) is 3.60. The van der Waals surface area contributed by atoms with E-state index in [1.165, 1.54) is 12.5 Å². The van der Waals surface area contributed by atoms with Gasteiger partial charge >= 0.3 is 0 Å². The number of halogens is 1. The molecular weight excluding hydrogens is 231 g/mol. The topological polar surface area (TPSA) is 45.2 Å². The van der Waals surface area contributed by atoms with Gasteiger partial charge in [-0.05, 0) is 25.3 Å². The van der Waals surface area contributed by atoms with Crippen LogP contribution in [0.2, 0.25) is 0 Å². The largest absolute Gasteiger partial charge is 0.387 e. The van der Waals surface area contributed by atoms with Gasteiger partial charge in [0.1, 0.15) is 5.82 Å². The van der Waals surface area contributed by atoms with Crippen LogP contribution in [0.15, 0.2) is 18.5 Å². The Bertz CT molecular complexity index is 384. The third-order valence-electron chi connectivity index (χ3n) is 3.60. The maximum Gasteiger partial charge on any atom is 0.141 e. The Kier molecular flexibility index (Phi) is 4.66. The Morgan fingerprint density at radius 1 is 1.50 bits per heavy atom. The van der Waals surface area contributed by atoms with Crippen molar-refractivity contribution >= 4 is 0 Å². The van der Waals surface area contributed by atoms with Gasteiger partial charge in [0.25, 0.3) is 0 Å². The zero-order chi connectivity index (χ0) is 13.0. The Morgan fingerprint density at radius 3 is 3.06 bits per heavy atom. The molecule has 0 radical (unpaired) electrons. The van der Waals surface area contributed by atoms with Crippen LogP contribution in [0.1, 0.15) is 50.7 Å². The van der Waals surface area contributed by atoms with Gasteiger partial charge in [0, 0.05) is 23.8 Å². The van der Waals surface area contributed by atoms with Gasteiger partial charge in [0.15, 0.2) is 0 Å². The van der Waals surface area contributed by atoms with E-state index < -0.39 is 11.9 Å². The lowest BCUT2D eigenvalue weighted by molar-refractivity contribution is 0.0992. The molecule has 3 nitrogen and oxygen atoms in total. The zero-order valence-corrected chi connectivity index (χ0v) is 10.8. The first-order valence-electron chi connectivity index (χ1n) is 6.75. The van der Waals surface area contributed by atoms with Gasteiger partial charge in [-0.15, -0.1) is 0 Å². The molecule has 0 aromatic carbocycles. The molecule has 18 heavy (non-hydrogen) atoms. The maximum atomic E-state index is 13.1. The summed E-state index contributed by atoms with van der Waals surface area (Å²) in [6, 6.07) is 1.85. The molecule has 3 atom stereocenters. The molecule has 0 aliphatic carbocycles. The van der Waals surface area contributed by atoms with Crippen LogP contribution in [-0.2, 0) is 0 Å². The number of rotatable bonds is 4. The number of nitrogens with one attached hydrogen (secondary N) is 1. The number of aliphatic hydroxyl groups is 1. The molecule has 1 aliphatic rings. The SMILES string of the molecule is CCC[C@H]1CCC[C@H]([C@@H](O)c2cncc(F)c2)N1. The molecule has 1 fully saturated rings. The molecule has 4 heteroatoms. The van der Waals surface area contributed by atoms with E-state index in [0.29, 0.717) is 11.6 Å². The molecular formula is C14H21FN2O. The highest BCUT2D eigenvalue weighted by molar-refractivity contribution is 5.15. The van der Waals surface area contributed by atoms with Gasteiger partial charge in [-0.2, -0.15) is 0 Å². The number of aromatic nitrogens is 1. The Balaban J connectivity index is 2.02. The Morgan fingerprint density at radius 2 is 2.33 bits per heavy atom. The summed E-state index contributed by atoms with van der Waals surface area (Å²) in [7, 11) is 0. The fourth-order valence-corrected chi connectivity index (χ4v) is 2.70. The molecule has 0 saturated carbocycles. The van der Waals surface area contributed by atoms with Crippen molar-refractivity contribution in [2.24, 2.45) is 0 Å². The summed E-state index contributed by atoms with van der Waals surface area (Å²) in [5.41, 5.74) is 0.560. The average molecular weight is 252 g/mol. The van der Waals surface area contributed by atoms with Crippen molar-refractivity contribution in [3.8, 4) is 0 Å². The number of aliphatic hydroxyl groups excluding tert-OH is 1. The molecule has 100 valence electrons. The van der Waals surface area contributed by atoms with Gasteiger partial charge < -0.3 is 10.4 Å². The summed E-state index contributed by atoms with van der Waals surface area (Å²) in [6.07, 6.45) is 7.50. The molecule has 2 rings (SSSR count). The highest BCUT2D eigenvalue weighted by Crippen LogP contribution is 2.25. The van der Waals surface area contributed by atoms with Crippen molar-refractivity contribution in [3.05, 3.63) is 29.8 Å². The second-order valence-electron chi connectivity index (χ2n) is 5.07. The fraction of sp³-hybridized carbons (Fsp3) is 0.643. The number of hydrogen-bond acceptors (Lipinski definition) is 3. The van der Waals surface area contributed by atoms with E-state index >= 15 is 0 Å². The lowest BCUT2D eigenvalue weighted by Gasteiger charge is -2.34. The average Bonchev–Trinajstić information content (AvgIpc) is 2.39. The number of piperidine rings is 1. The van der Waals surface area contributed by atoms with Crippen molar-refractivity contribution in [2.45, 2.75) is 57.2 Å². The summed E-state index contributed by atoms with van der Waals surface area (Å²) in [4.78, 5) is 3.79. The maximum absolute atomic E-state index is 13.1. The van der Waals surface area contributed by atoms with E-state index in [9.17, 15) is 9.50 Å². The summed E-state index contributed by atoms with van der Waals surface area (Å²) < 4.78 is 13.1. The van der Waals surface area contributed by atoms with Gasteiger partial charge in [-0.25, -0.2) is 4.39 Å². The number of hydrogen-bond donors (Lipinski definition) is 2. The summed E-state index contributed by atoms with van der Waals surface area (Å²) in [6.45, 7) is 2.16. The summed E-state index contributed by atoms with van der Waals surface area (Å²) in [5.74, 6) is -0.396. The predicted octanol–water partition coefficient (Wildman–Crippen LogP) is 2.56. The first kappa shape index (κ1) is 13.4. The van der Waals surface area contributed by atoms with Crippen molar-refractivity contribution in [3.63, 3.8) is 0 Å². The first-order valence-corrected chi connectivity index (χ1v) is 6.75. The van der Waals surface area contributed by atoms with Crippen molar-refractivity contribution in [2.75, 3.05) is 0 Å². The molecule has 2 N–H and O–H groups in total. The van der Waals surface area contributed by atoms with Crippen molar-refractivity contribution < 1.29 is 9.50 Å². The van der Waals surface area contributed by atoms with Gasteiger partial charge in [0.05, 0.1) is 12.3 Å². The van der Waals surface area contributed by atoms with Crippen molar-refractivity contribution in [1.82, 2.24) is 10.3 Å². The highest BCUT2D eigenvalue weighted by Gasteiger charge is 2.27. The van der Waals surface area contributed by atoms with Crippen LogP contribution in [0.3, 0.4) is 0 Å². The Labute approximate surface area is 107 Å². The summed E-state index contributed by atoms with van der Waals surface area (Å²) in [5, 5.41) is 13.8. The second kappa shape index (κ2) is 6.25. The van der Waals surface area contributed by atoms with Crippen LogP contribution >= 0.6 is 0 Å². The standard InChI is InChI=1S/C14H21FN2O/c1-2-4-12-5-3-6-13(17-12)14(18)10-7-11(15)9-16-8-10/h7-9,12-14,17-18H,2-6H2,1H3/t12-,13+,14-/m0/s1. The fourth-order valence-electron chi connectivity index (χ4n) is 2.70. The molecule has 2 heterocycles. The molecule has 0 spiro atoms. The molecule has 1 aromatic heterocycles. The minimum Gasteiger partial charge on any atom is -0.387 e. The molecule has 0 amide bonds. The third kappa shape index (κ3) is 3.27. The number of pyridine rings is 1. The Hall–Kier alpha value is -1.00. The van der Waals surface area contributed by atoms with Gasteiger partial charge in [-0.1, -0.05) is 19.8 Å². The highest BCUT2D eigenvalue weighted by atomic mass is 19.1. The smallest absolute Gasteiger partial charge is 0.141 e. The molecule has 1 aromatic rings. The molecule has 1 saturated heterocycles. The summed E-state index contributed by atoms with van der Waals surface area (Å²) >= 11 is 0. The monoisotopic (exact) mass is 252 g/mol. The lowest BCUT2D eigenvalue weighted by Crippen LogP contribution is -2.45. The van der Waals surface area contributed by atoms with E-state index in [0.717, 1.165) is 31.9 Å². The van der Waals surface area contributed by atoms with E-state index in [1.807, 2.05) is 0 Å². The first-order chi connectivity index (χ1) is 8.70. The predicted molar refractivity (Wildman–Crippen MR) is 68.6 cm³/mol. The van der Waals surface area contributed by atoms with Crippen LogP contribution < -0.4 is 5.32 Å². The lowest BCUT2D eigenvalue weighted by atomic mass is 9.91. The van der Waals surface area contributed by atoms with Gasteiger partial charge in [-0.3, -0.25) is 4.98 Å². The molecule has 0 unspecified atom stereocenters. The van der Waals surface area contributed by atoms with E-state index in [1.54, 1.807) is 6.20 Å². The normalized spacial score (nSPS) is 25.9. The van der Waals surface area contributed by atoms with Crippen LogP contribution in [0.5, 0.6) is 0 Å². The van der Waals surface area contributed by atoms with Gasteiger partial charge in [0.2, 0.25) is 0 Å². The van der Waals surface area contributed by atoms with E-state index in [2.05, 4.69) is 17.2 Å². The van der Waals surface area contributed by atoms with Crippen molar-refractivity contribution in [1.29, 1.82) is 0 Å². The minimum absolute atomic E-state index is 0.0129. The number of nitrogens with zero attached hydrogens (tertiary/aromatic N) is 1. The molecule has 0 bridgehead atoms. The minimum atomic E-state index is -0.673. The van der Waals surface area contributed by atoms with Crippen LogP contribution in [0.4, 0.5) is 4.39 Å². The van der Waals surface area contributed by atoms with E-state index in [4.69, 9.17) is 0 Å². The van der Waals surface area contributed by atoms with E-state index in [-0.39, 0.29) is 6.04 Å². The second-order valence-corrected chi connectivity index (χ2v) is 5.07. The van der Waals surface area contributed by atoms with Crippen LogP contribution in [0, 0.1) is 5.82 Å². The zero-order valence-electron chi connectivity index (χ0n) is 10.8.